The molecule has 2 fully saturated rings. The van der Waals surface area contributed by atoms with Crippen LogP contribution in [0.4, 0.5) is 0 Å². The van der Waals surface area contributed by atoms with Gasteiger partial charge in [-0.25, -0.2) is 0 Å². The number of hydrogen-bond donors (Lipinski definition) is 0. The Morgan fingerprint density at radius 1 is 0.857 bits per heavy atom. The average molecular weight is 304 g/mol. The van der Waals surface area contributed by atoms with Crippen LogP contribution in [0.2, 0.25) is 0 Å². The molecule has 2 aliphatic heterocycles. The largest absolute Gasteiger partial charge is 0.469 e. The first-order chi connectivity index (χ1) is 10.1. The lowest BCUT2D eigenvalue weighted by molar-refractivity contribution is -0.302. The molecule has 120 valence electrons. The van der Waals surface area contributed by atoms with Crippen molar-refractivity contribution in [1.82, 2.24) is 0 Å². The minimum atomic E-state index is -0.601. The lowest BCUT2D eigenvalue weighted by Crippen LogP contribution is -2.52. The Hall–Kier alpha value is -1.22. The van der Waals surface area contributed by atoms with Crippen LogP contribution >= 0.6 is 0 Å². The van der Waals surface area contributed by atoms with E-state index in [0.717, 1.165) is 0 Å². The molecule has 0 N–H and O–H groups in total. The van der Waals surface area contributed by atoms with Crippen LogP contribution in [0.25, 0.3) is 0 Å². The smallest absolute Gasteiger partial charge is 0.310 e. The average Bonchev–Trinajstić information content (AvgIpc) is 2.52. The molecule has 0 amide bonds. The van der Waals surface area contributed by atoms with Crippen molar-refractivity contribution in [3.8, 4) is 0 Å². The molecular weight excluding hydrogens is 284 g/mol. The van der Waals surface area contributed by atoms with E-state index < -0.39 is 18.0 Å². The molecule has 2 saturated heterocycles. The van der Waals surface area contributed by atoms with Crippen molar-refractivity contribution in [3.05, 3.63) is 0 Å². The van der Waals surface area contributed by atoms with Gasteiger partial charge in [0.05, 0.1) is 58.9 Å². The van der Waals surface area contributed by atoms with E-state index >= 15 is 0 Å². The van der Waals surface area contributed by atoms with Gasteiger partial charge in [-0.2, -0.15) is 0 Å². The van der Waals surface area contributed by atoms with Crippen LogP contribution in [-0.2, 0) is 38.0 Å². The molecule has 0 saturated carbocycles. The van der Waals surface area contributed by atoms with Crippen molar-refractivity contribution in [2.75, 3.05) is 40.6 Å². The zero-order chi connectivity index (χ0) is 15.3. The predicted molar refractivity (Wildman–Crippen MR) is 67.1 cm³/mol. The summed E-state index contributed by atoms with van der Waals surface area (Å²) in [5, 5.41) is 0. The number of carbonyl (C=O) groups excluding carboxylic acids is 2. The van der Waals surface area contributed by atoms with E-state index in [2.05, 4.69) is 9.47 Å². The molecule has 0 aromatic carbocycles. The summed E-state index contributed by atoms with van der Waals surface area (Å²) in [5.41, 5.74) is -0.404. The van der Waals surface area contributed by atoms with Gasteiger partial charge in [-0.1, -0.05) is 0 Å². The summed E-state index contributed by atoms with van der Waals surface area (Å²) in [6, 6.07) is 0. The van der Waals surface area contributed by atoms with Gasteiger partial charge in [0.25, 0.3) is 0 Å². The van der Waals surface area contributed by atoms with Crippen molar-refractivity contribution >= 4 is 11.9 Å². The molecule has 2 aliphatic rings. The Bertz CT molecular complexity index is 327. The van der Waals surface area contributed by atoms with Crippen molar-refractivity contribution in [1.29, 1.82) is 0 Å². The normalized spacial score (nSPS) is 32.7. The van der Waals surface area contributed by atoms with Gasteiger partial charge in [-0.3, -0.25) is 9.59 Å². The summed E-state index contributed by atoms with van der Waals surface area (Å²) < 4.78 is 31.1. The van der Waals surface area contributed by atoms with Gasteiger partial charge < -0.3 is 28.4 Å². The van der Waals surface area contributed by atoms with Gasteiger partial charge >= 0.3 is 11.9 Å². The van der Waals surface area contributed by atoms with Gasteiger partial charge in [0, 0.05) is 0 Å². The Morgan fingerprint density at radius 2 is 1.19 bits per heavy atom. The molecule has 8 heteroatoms. The number of methoxy groups -OCH3 is 2. The van der Waals surface area contributed by atoms with Crippen molar-refractivity contribution < 1.29 is 38.0 Å². The second kappa shape index (κ2) is 7.17. The predicted octanol–water partition coefficient (Wildman–Crippen LogP) is -0.155. The second-order valence-corrected chi connectivity index (χ2v) is 5.16. The first-order valence-electron chi connectivity index (χ1n) is 6.67. The zero-order valence-corrected chi connectivity index (χ0v) is 12.2. The minimum absolute atomic E-state index is 0.0548. The van der Waals surface area contributed by atoms with Crippen LogP contribution < -0.4 is 0 Å². The fourth-order valence-electron chi connectivity index (χ4n) is 2.10. The van der Waals surface area contributed by atoms with E-state index in [0.29, 0.717) is 26.4 Å². The van der Waals surface area contributed by atoms with Gasteiger partial charge in [0.1, 0.15) is 0 Å². The Labute approximate surface area is 122 Å². The number of ether oxygens (including phenoxy) is 6. The van der Waals surface area contributed by atoms with E-state index in [4.69, 9.17) is 18.9 Å². The van der Waals surface area contributed by atoms with E-state index in [1.54, 1.807) is 0 Å². The first-order valence-corrected chi connectivity index (χ1v) is 6.67. The summed E-state index contributed by atoms with van der Waals surface area (Å²) in [5.74, 6) is -0.768. The van der Waals surface area contributed by atoms with E-state index in [-0.39, 0.29) is 24.8 Å². The summed E-state index contributed by atoms with van der Waals surface area (Å²) in [6.45, 7) is 1.44. The van der Waals surface area contributed by atoms with Crippen LogP contribution in [0.5, 0.6) is 0 Å². The molecule has 0 unspecified atom stereocenters. The molecule has 0 radical (unpaired) electrons. The van der Waals surface area contributed by atoms with Gasteiger partial charge in [-0.05, 0) is 0 Å². The standard InChI is InChI=1S/C13H20O8/c1-16-9(14)3-11-18-5-13(6-19-11)7-20-12(21-8-13)4-10(15)17-2/h11-12H,3-8H2,1-2H3. The Morgan fingerprint density at radius 3 is 1.48 bits per heavy atom. The maximum absolute atomic E-state index is 11.1. The van der Waals surface area contributed by atoms with E-state index in [1.165, 1.54) is 14.2 Å². The molecule has 2 heterocycles. The topological polar surface area (TPSA) is 89.5 Å². The fourth-order valence-corrected chi connectivity index (χ4v) is 2.10. The first kappa shape index (κ1) is 16.2. The van der Waals surface area contributed by atoms with Crippen molar-refractivity contribution in [2.45, 2.75) is 25.4 Å². The third-order valence-corrected chi connectivity index (χ3v) is 3.42. The molecule has 8 nitrogen and oxygen atoms in total. The molecule has 1 spiro atoms. The van der Waals surface area contributed by atoms with E-state index in [1.807, 2.05) is 0 Å². The highest BCUT2D eigenvalue weighted by Crippen LogP contribution is 2.31. The van der Waals surface area contributed by atoms with Crippen LogP contribution in [0.1, 0.15) is 12.8 Å². The second-order valence-electron chi connectivity index (χ2n) is 5.16. The highest BCUT2D eigenvalue weighted by molar-refractivity contribution is 5.69. The molecule has 2 rings (SSSR count). The molecule has 0 aromatic heterocycles. The monoisotopic (exact) mass is 304 g/mol. The highest BCUT2D eigenvalue weighted by atomic mass is 16.7. The molecule has 0 bridgehead atoms. The SMILES string of the molecule is COC(=O)CC1OCC2(CO1)COC(CC(=O)OC)OC2. The number of esters is 2. The van der Waals surface area contributed by atoms with Crippen molar-refractivity contribution in [3.63, 3.8) is 0 Å². The van der Waals surface area contributed by atoms with Crippen molar-refractivity contribution in [2.24, 2.45) is 5.41 Å². The third-order valence-electron chi connectivity index (χ3n) is 3.42. The van der Waals surface area contributed by atoms with Gasteiger partial charge in [-0.15, -0.1) is 0 Å². The number of rotatable bonds is 4. The lowest BCUT2D eigenvalue weighted by Gasteiger charge is -2.43. The maximum atomic E-state index is 11.1. The molecule has 0 aromatic rings. The number of carbonyl (C=O) groups is 2. The van der Waals surface area contributed by atoms with Crippen LogP contribution in [-0.4, -0.2) is 65.2 Å². The van der Waals surface area contributed by atoms with Gasteiger partial charge in [0.2, 0.25) is 0 Å². The Balaban J connectivity index is 1.75. The molecular formula is C13H20O8. The lowest BCUT2D eigenvalue weighted by atomic mass is 9.90. The summed E-state index contributed by atoms with van der Waals surface area (Å²) >= 11 is 0. The van der Waals surface area contributed by atoms with Gasteiger partial charge in [0.15, 0.2) is 12.6 Å². The molecule has 0 aliphatic carbocycles. The van der Waals surface area contributed by atoms with Crippen LogP contribution in [0.3, 0.4) is 0 Å². The Kier molecular flexibility index (Phi) is 5.51. The molecule has 21 heavy (non-hydrogen) atoms. The number of hydrogen-bond acceptors (Lipinski definition) is 8. The fraction of sp³-hybridized carbons (Fsp3) is 0.846. The van der Waals surface area contributed by atoms with E-state index in [9.17, 15) is 9.59 Å². The van der Waals surface area contributed by atoms with Crippen LogP contribution in [0.15, 0.2) is 0 Å². The minimum Gasteiger partial charge on any atom is -0.469 e. The zero-order valence-electron chi connectivity index (χ0n) is 12.2. The summed E-state index contributed by atoms with van der Waals surface area (Å²) in [4.78, 5) is 22.3. The van der Waals surface area contributed by atoms with Crippen LogP contribution in [0, 0.1) is 5.41 Å². The summed E-state index contributed by atoms with van der Waals surface area (Å²) in [6.07, 6.45) is -1.09. The quantitative estimate of drug-likeness (QED) is 0.662. The summed E-state index contributed by atoms with van der Waals surface area (Å²) in [7, 11) is 2.63. The highest BCUT2D eigenvalue weighted by Gasteiger charge is 2.42. The maximum Gasteiger partial charge on any atom is 0.310 e. The third kappa shape index (κ3) is 4.37. The molecule has 0 atom stereocenters.